The van der Waals surface area contributed by atoms with Gasteiger partial charge in [-0.3, -0.25) is 0 Å². The smallest absolute Gasteiger partial charge is 0.333 e. The van der Waals surface area contributed by atoms with E-state index in [1.165, 1.54) is 0 Å². The van der Waals surface area contributed by atoms with Crippen LogP contribution < -0.4 is 0 Å². The van der Waals surface area contributed by atoms with Crippen molar-refractivity contribution >= 4 is 5.97 Å². The molecule has 35 heavy (non-hydrogen) atoms. The lowest BCUT2D eigenvalue weighted by Crippen LogP contribution is -2.71. The molecule has 0 spiro atoms. The number of esters is 1. The largest absolute Gasteiger partial charge is 0.458 e. The molecule has 5 fully saturated rings. The summed E-state index contributed by atoms with van der Waals surface area (Å²) in [6.07, 6.45) is 0.919. The van der Waals surface area contributed by atoms with Crippen LogP contribution in [-0.2, 0) is 14.3 Å². The molecule has 7 nitrogen and oxygen atoms in total. The van der Waals surface area contributed by atoms with E-state index in [2.05, 4.69) is 13.8 Å². The van der Waals surface area contributed by atoms with Gasteiger partial charge >= 0.3 is 5.97 Å². The molecule has 0 unspecified atom stereocenters. The Bertz CT molecular complexity index is 963. The van der Waals surface area contributed by atoms with Gasteiger partial charge in [0.25, 0.3) is 0 Å². The highest BCUT2D eigenvalue weighted by Gasteiger charge is 2.78. The van der Waals surface area contributed by atoms with Gasteiger partial charge in [-0.1, -0.05) is 26.3 Å². The molecular formula is C28H42O7. The van der Waals surface area contributed by atoms with Gasteiger partial charge in [0.1, 0.15) is 17.8 Å². The van der Waals surface area contributed by atoms with Gasteiger partial charge in [-0.05, 0) is 74.5 Å². The van der Waals surface area contributed by atoms with Gasteiger partial charge in [-0.15, -0.1) is 0 Å². The molecule has 6 aliphatic rings. The van der Waals surface area contributed by atoms with Crippen LogP contribution in [-0.4, -0.2) is 68.6 Å². The number of rotatable bonds is 2. The van der Waals surface area contributed by atoms with Crippen molar-refractivity contribution in [2.45, 2.75) is 115 Å². The van der Waals surface area contributed by atoms with E-state index in [-0.39, 0.29) is 72.1 Å². The van der Waals surface area contributed by atoms with E-state index in [1.54, 1.807) is 0 Å². The topological polar surface area (TPSA) is 120 Å². The zero-order chi connectivity index (χ0) is 25.2. The van der Waals surface area contributed by atoms with E-state index in [0.717, 1.165) is 18.4 Å². The third-order valence-electron chi connectivity index (χ3n) is 12.1. The molecule has 14 atom stereocenters. The van der Waals surface area contributed by atoms with Crippen molar-refractivity contribution in [3.8, 4) is 0 Å². The molecular weight excluding hydrogens is 448 g/mol. The molecule has 2 aliphatic heterocycles. The van der Waals surface area contributed by atoms with Gasteiger partial charge in [-0.2, -0.15) is 0 Å². The van der Waals surface area contributed by atoms with Crippen molar-refractivity contribution < 1.29 is 34.7 Å². The van der Waals surface area contributed by atoms with Crippen molar-refractivity contribution in [3.05, 3.63) is 11.1 Å². The first kappa shape index (κ1) is 24.4. The summed E-state index contributed by atoms with van der Waals surface area (Å²) >= 11 is 0. The second-order valence-electron chi connectivity index (χ2n) is 13.4. The number of aliphatic hydroxyl groups excluding tert-OH is 3. The summed E-state index contributed by atoms with van der Waals surface area (Å²) in [5.41, 5.74) is -0.355. The van der Waals surface area contributed by atoms with Crippen molar-refractivity contribution in [1.82, 2.24) is 0 Å². The molecule has 196 valence electrons. The average molecular weight is 491 g/mol. The van der Waals surface area contributed by atoms with E-state index in [1.807, 2.05) is 20.8 Å². The molecule has 4 saturated carbocycles. The number of cyclic esters (lactones) is 1. The number of carbonyl (C=O) groups excluding carboxylic acids is 1. The van der Waals surface area contributed by atoms with Gasteiger partial charge in [0, 0.05) is 23.8 Å². The predicted molar refractivity (Wildman–Crippen MR) is 127 cm³/mol. The third kappa shape index (κ3) is 2.99. The number of aliphatic hydroxyl groups is 4. The number of fused-ring (bicyclic) bond motifs is 8. The van der Waals surface area contributed by atoms with Crippen molar-refractivity contribution in [1.29, 1.82) is 0 Å². The van der Waals surface area contributed by atoms with Crippen molar-refractivity contribution in [2.24, 2.45) is 40.4 Å². The van der Waals surface area contributed by atoms with Gasteiger partial charge in [0.15, 0.2) is 0 Å². The molecule has 0 aromatic heterocycles. The molecule has 7 heteroatoms. The molecule has 0 amide bonds. The number of ether oxygens (including phenoxy) is 2. The van der Waals surface area contributed by atoms with Gasteiger partial charge in [0.05, 0.1) is 24.4 Å². The lowest BCUT2D eigenvalue weighted by atomic mass is 9.42. The summed E-state index contributed by atoms with van der Waals surface area (Å²) in [5.74, 6) is 0.201. The van der Waals surface area contributed by atoms with Crippen LogP contribution in [0.4, 0.5) is 0 Å². The van der Waals surface area contributed by atoms with Gasteiger partial charge in [-0.25, -0.2) is 4.79 Å². The minimum Gasteiger partial charge on any atom is -0.458 e. The molecule has 1 saturated heterocycles. The van der Waals surface area contributed by atoms with Crippen LogP contribution in [0, 0.1) is 40.4 Å². The molecule has 0 radical (unpaired) electrons. The van der Waals surface area contributed by atoms with Crippen LogP contribution in [0.15, 0.2) is 11.1 Å². The number of carbonyl (C=O) groups is 1. The van der Waals surface area contributed by atoms with Crippen LogP contribution in [0.1, 0.15) is 73.1 Å². The Kier molecular flexibility index (Phi) is 5.24. The van der Waals surface area contributed by atoms with E-state index in [0.29, 0.717) is 18.4 Å². The fourth-order valence-electron chi connectivity index (χ4n) is 10.0. The quantitative estimate of drug-likeness (QED) is 0.346. The molecule has 4 aliphatic carbocycles. The minimum atomic E-state index is -1.23. The molecule has 0 aromatic carbocycles. The zero-order valence-electron chi connectivity index (χ0n) is 21.6. The van der Waals surface area contributed by atoms with Gasteiger partial charge in [0.2, 0.25) is 0 Å². The van der Waals surface area contributed by atoms with Crippen LogP contribution in [0.5, 0.6) is 0 Å². The van der Waals surface area contributed by atoms with E-state index >= 15 is 0 Å². The van der Waals surface area contributed by atoms with Crippen LogP contribution in [0.2, 0.25) is 0 Å². The van der Waals surface area contributed by atoms with Crippen molar-refractivity contribution in [3.63, 3.8) is 0 Å². The molecule has 4 N–H and O–H groups in total. The Morgan fingerprint density at radius 3 is 2.49 bits per heavy atom. The molecule has 2 heterocycles. The highest BCUT2D eigenvalue weighted by molar-refractivity contribution is 5.89. The Morgan fingerprint density at radius 2 is 1.80 bits per heavy atom. The maximum Gasteiger partial charge on any atom is 0.333 e. The van der Waals surface area contributed by atoms with Crippen molar-refractivity contribution in [2.75, 3.05) is 0 Å². The first-order chi connectivity index (χ1) is 16.3. The Labute approximate surface area is 207 Å². The van der Waals surface area contributed by atoms with Gasteiger partial charge < -0.3 is 29.9 Å². The minimum absolute atomic E-state index is 0.00127. The Balaban J connectivity index is 1.32. The summed E-state index contributed by atoms with van der Waals surface area (Å²) in [4.78, 5) is 12.4. The second-order valence-corrected chi connectivity index (χ2v) is 13.4. The lowest BCUT2D eigenvalue weighted by molar-refractivity contribution is -0.250. The number of epoxide rings is 1. The number of hydrogen-bond acceptors (Lipinski definition) is 7. The molecule has 0 bridgehead atoms. The highest BCUT2D eigenvalue weighted by Crippen LogP contribution is 2.72. The molecule has 6 rings (SSSR count). The highest BCUT2D eigenvalue weighted by atomic mass is 16.6. The predicted octanol–water partition coefficient (Wildman–Crippen LogP) is 2.34. The summed E-state index contributed by atoms with van der Waals surface area (Å²) < 4.78 is 12.0. The summed E-state index contributed by atoms with van der Waals surface area (Å²) in [6.45, 7) is 10.2. The van der Waals surface area contributed by atoms with E-state index < -0.39 is 29.3 Å². The maximum absolute atomic E-state index is 12.4. The normalized spacial score (nSPS) is 58.0. The standard InChI is InChI=1S/C28H42O7/c1-12-8-19(34-25(32)13(12)2)14(3)22-18(30)10-17-21-16(6-7-26(17,22)4)27(5)20(31)9-15(29)11-28(27,33)24-23(21)35-24/h14-24,29-31,33H,6-11H2,1-5H3/t14-,15-,16+,17-,18+,19+,20-,21-,22-,23-,24-,26-,27-,28-/m0/s1. The third-order valence-corrected chi connectivity index (χ3v) is 12.1. The molecule has 0 aromatic rings. The number of hydrogen-bond donors (Lipinski definition) is 4. The Morgan fingerprint density at radius 1 is 1.09 bits per heavy atom. The Hall–Kier alpha value is -0.990. The summed E-state index contributed by atoms with van der Waals surface area (Å²) in [5, 5.41) is 44.9. The van der Waals surface area contributed by atoms with Crippen LogP contribution >= 0.6 is 0 Å². The fraction of sp³-hybridized carbons (Fsp3) is 0.893. The zero-order valence-corrected chi connectivity index (χ0v) is 21.6. The first-order valence-corrected chi connectivity index (χ1v) is 13.6. The monoisotopic (exact) mass is 490 g/mol. The van der Waals surface area contributed by atoms with Crippen LogP contribution in [0.3, 0.4) is 0 Å². The summed E-state index contributed by atoms with van der Waals surface area (Å²) in [7, 11) is 0. The van der Waals surface area contributed by atoms with Crippen LogP contribution in [0.25, 0.3) is 0 Å². The van der Waals surface area contributed by atoms with E-state index in [4.69, 9.17) is 9.47 Å². The second kappa shape index (κ2) is 7.53. The lowest BCUT2D eigenvalue weighted by Gasteiger charge is -2.63. The first-order valence-electron chi connectivity index (χ1n) is 13.6. The fourth-order valence-corrected chi connectivity index (χ4v) is 10.0. The average Bonchev–Trinajstić information content (AvgIpc) is 3.53. The SMILES string of the molecule is CC1=C(C)C(=O)O[C@@H]([C@H](C)[C@H]2[C@H](O)C[C@H]3[C@H]4[C@@H]5O[C@@H]5[C@@]5(O)C[C@@H](O)C[C@H](O)[C@]5(C)[C@@H]4CC[C@]23C)C1. The summed E-state index contributed by atoms with van der Waals surface area (Å²) in [6, 6.07) is 0. The van der Waals surface area contributed by atoms with E-state index in [9.17, 15) is 25.2 Å². The maximum atomic E-state index is 12.4.